The molecule has 140 valence electrons. The highest BCUT2D eigenvalue weighted by Crippen LogP contribution is 2.40. The quantitative estimate of drug-likeness (QED) is 0.784. The standard InChI is InChI=1S/C21H29N3O2/c1-2-3-4-5-6-9-24-10-7-21(8-11-24)14-19(25)16-12-17-18(23-15-22-17)13-20(16)26-21/h12-13,15H,2-11,14H2,1H3,(H,22,23). The summed E-state index contributed by atoms with van der Waals surface area (Å²) in [5.74, 6) is 0.921. The summed E-state index contributed by atoms with van der Waals surface area (Å²) >= 11 is 0. The lowest BCUT2D eigenvalue weighted by atomic mass is 9.82. The number of H-pyrrole nitrogens is 1. The van der Waals surface area contributed by atoms with Crippen molar-refractivity contribution in [3.05, 3.63) is 24.0 Å². The molecule has 5 heteroatoms. The van der Waals surface area contributed by atoms with E-state index in [-0.39, 0.29) is 11.4 Å². The van der Waals surface area contributed by atoms with E-state index < -0.39 is 0 Å². The van der Waals surface area contributed by atoms with Crippen molar-refractivity contribution >= 4 is 16.8 Å². The van der Waals surface area contributed by atoms with Crippen molar-refractivity contribution in [2.75, 3.05) is 19.6 Å². The number of nitrogens with one attached hydrogen (secondary N) is 1. The van der Waals surface area contributed by atoms with E-state index in [0.29, 0.717) is 17.7 Å². The molecule has 2 aliphatic heterocycles. The molecule has 1 saturated heterocycles. The minimum atomic E-state index is -0.313. The number of carbonyl (C=O) groups is 1. The number of ether oxygens (including phenoxy) is 1. The van der Waals surface area contributed by atoms with Crippen molar-refractivity contribution in [1.82, 2.24) is 14.9 Å². The number of fused-ring (bicyclic) bond motifs is 2. The monoisotopic (exact) mass is 355 g/mol. The molecule has 2 aliphatic rings. The first kappa shape index (κ1) is 17.5. The largest absolute Gasteiger partial charge is 0.486 e. The number of likely N-dealkylation sites (tertiary alicyclic amines) is 1. The van der Waals surface area contributed by atoms with Crippen LogP contribution in [-0.2, 0) is 0 Å². The zero-order valence-electron chi connectivity index (χ0n) is 15.7. The first-order chi connectivity index (χ1) is 12.7. The van der Waals surface area contributed by atoms with E-state index in [1.807, 2.05) is 12.1 Å². The summed E-state index contributed by atoms with van der Waals surface area (Å²) in [5.41, 5.74) is 2.14. The minimum absolute atomic E-state index is 0.204. The summed E-state index contributed by atoms with van der Waals surface area (Å²) in [6, 6.07) is 3.80. The Balaban J connectivity index is 1.38. The summed E-state index contributed by atoms with van der Waals surface area (Å²) in [6.07, 6.45) is 10.6. The van der Waals surface area contributed by atoms with Crippen molar-refractivity contribution in [2.45, 2.75) is 63.9 Å². The second kappa shape index (κ2) is 7.39. The predicted octanol–water partition coefficient (Wildman–Crippen LogP) is 4.33. The van der Waals surface area contributed by atoms with Crippen LogP contribution in [0.25, 0.3) is 11.0 Å². The van der Waals surface area contributed by atoms with Gasteiger partial charge in [-0.2, -0.15) is 0 Å². The van der Waals surface area contributed by atoms with Crippen LogP contribution in [0.4, 0.5) is 0 Å². The van der Waals surface area contributed by atoms with Crippen LogP contribution in [0.3, 0.4) is 0 Å². The van der Waals surface area contributed by atoms with Crippen molar-refractivity contribution in [3.63, 3.8) is 0 Å². The highest BCUT2D eigenvalue weighted by atomic mass is 16.5. The zero-order valence-corrected chi connectivity index (χ0v) is 15.7. The van der Waals surface area contributed by atoms with Gasteiger partial charge >= 0.3 is 0 Å². The van der Waals surface area contributed by atoms with Gasteiger partial charge in [-0.15, -0.1) is 0 Å². The third kappa shape index (κ3) is 3.50. The summed E-state index contributed by atoms with van der Waals surface area (Å²) < 4.78 is 6.41. The maximum absolute atomic E-state index is 12.8. The number of rotatable bonds is 6. The second-order valence-electron chi connectivity index (χ2n) is 7.91. The SMILES string of the molecule is CCCCCCCN1CCC2(CC1)CC(=O)c1cc3[nH]cnc3cc1O2. The topological polar surface area (TPSA) is 58.2 Å². The molecule has 0 atom stereocenters. The lowest BCUT2D eigenvalue weighted by Gasteiger charge is -2.44. The van der Waals surface area contributed by atoms with Crippen LogP contribution in [-0.4, -0.2) is 45.9 Å². The Morgan fingerprint density at radius 2 is 2.00 bits per heavy atom. The van der Waals surface area contributed by atoms with E-state index in [1.165, 1.54) is 38.6 Å². The van der Waals surface area contributed by atoms with Crippen molar-refractivity contribution in [2.24, 2.45) is 0 Å². The molecule has 1 aromatic heterocycles. The van der Waals surface area contributed by atoms with Gasteiger partial charge in [0, 0.05) is 32.0 Å². The molecule has 0 bridgehead atoms. The van der Waals surface area contributed by atoms with Crippen LogP contribution in [0, 0.1) is 0 Å². The third-order valence-electron chi connectivity index (χ3n) is 5.98. The smallest absolute Gasteiger partial charge is 0.170 e. The molecule has 0 aliphatic carbocycles. The minimum Gasteiger partial charge on any atom is -0.486 e. The Labute approximate surface area is 155 Å². The van der Waals surface area contributed by atoms with Gasteiger partial charge in [-0.25, -0.2) is 4.98 Å². The first-order valence-corrected chi connectivity index (χ1v) is 10.1. The van der Waals surface area contributed by atoms with Gasteiger partial charge in [0.05, 0.1) is 29.3 Å². The van der Waals surface area contributed by atoms with Crippen LogP contribution in [0.5, 0.6) is 5.75 Å². The third-order valence-corrected chi connectivity index (χ3v) is 5.98. The Morgan fingerprint density at radius 3 is 2.81 bits per heavy atom. The number of nitrogens with zero attached hydrogens (tertiary/aromatic N) is 2. The average molecular weight is 355 g/mol. The van der Waals surface area contributed by atoms with Crippen LogP contribution in [0.2, 0.25) is 0 Å². The molecule has 0 amide bonds. The van der Waals surface area contributed by atoms with Gasteiger partial charge in [0.25, 0.3) is 0 Å². The molecular formula is C21H29N3O2. The molecule has 1 aromatic carbocycles. The fraction of sp³-hybridized carbons (Fsp3) is 0.619. The molecule has 0 unspecified atom stereocenters. The molecule has 1 N–H and O–H groups in total. The first-order valence-electron chi connectivity index (χ1n) is 10.1. The van der Waals surface area contributed by atoms with E-state index in [4.69, 9.17) is 4.74 Å². The molecule has 5 nitrogen and oxygen atoms in total. The van der Waals surface area contributed by atoms with Gasteiger partial charge in [0.1, 0.15) is 11.4 Å². The number of aromatic nitrogens is 2. The molecule has 4 rings (SSSR count). The highest BCUT2D eigenvalue weighted by Gasteiger charge is 2.43. The lowest BCUT2D eigenvalue weighted by molar-refractivity contribution is -0.00908. The highest BCUT2D eigenvalue weighted by molar-refractivity contribution is 6.03. The molecule has 0 radical (unpaired) electrons. The Hall–Kier alpha value is -1.88. The zero-order chi connectivity index (χ0) is 18.0. The molecule has 3 heterocycles. The van der Waals surface area contributed by atoms with Crippen molar-refractivity contribution in [1.29, 1.82) is 0 Å². The molecule has 0 saturated carbocycles. The van der Waals surface area contributed by atoms with Crippen LogP contribution in [0.15, 0.2) is 18.5 Å². The Morgan fingerprint density at radius 1 is 1.19 bits per heavy atom. The predicted molar refractivity (Wildman–Crippen MR) is 103 cm³/mol. The number of unbranched alkanes of at least 4 members (excludes halogenated alkanes) is 4. The summed E-state index contributed by atoms with van der Waals surface area (Å²) in [7, 11) is 0. The van der Waals surface area contributed by atoms with Gasteiger partial charge in [-0.3, -0.25) is 4.79 Å². The summed E-state index contributed by atoms with van der Waals surface area (Å²) in [6.45, 7) is 5.49. The number of ketones is 1. The van der Waals surface area contributed by atoms with Crippen molar-refractivity contribution in [3.8, 4) is 5.75 Å². The number of hydrogen-bond donors (Lipinski definition) is 1. The van der Waals surface area contributed by atoms with E-state index in [9.17, 15) is 4.79 Å². The molecule has 26 heavy (non-hydrogen) atoms. The number of carbonyl (C=O) groups excluding carboxylic acids is 1. The normalized spacial score (nSPS) is 19.7. The fourth-order valence-corrected chi connectivity index (χ4v) is 4.32. The van der Waals surface area contributed by atoms with Crippen LogP contribution >= 0.6 is 0 Å². The van der Waals surface area contributed by atoms with Gasteiger partial charge in [0.15, 0.2) is 5.78 Å². The molecular weight excluding hydrogens is 326 g/mol. The van der Waals surface area contributed by atoms with E-state index >= 15 is 0 Å². The fourth-order valence-electron chi connectivity index (χ4n) is 4.32. The Kier molecular flexibility index (Phi) is 4.98. The molecule has 1 fully saturated rings. The average Bonchev–Trinajstić information content (AvgIpc) is 3.09. The number of imidazole rings is 1. The van der Waals surface area contributed by atoms with Crippen LogP contribution in [0.1, 0.15) is 68.6 Å². The van der Waals surface area contributed by atoms with Gasteiger partial charge < -0.3 is 14.6 Å². The number of hydrogen-bond acceptors (Lipinski definition) is 4. The van der Waals surface area contributed by atoms with E-state index in [0.717, 1.165) is 37.0 Å². The van der Waals surface area contributed by atoms with Crippen molar-refractivity contribution < 1.29 is 9.53 Å². The lowest BCUT2D eigenvalue weighted by Crippen LogP contribution is -2.51. The number of benzene rings is 1. The van der Waals surface area contributed by atoms with E-state index in [2.05, 4.69) is 21.8 Å². The van der Waals surface area contributed by atoms with Crippen LogP contribution < -0.4 is 4.74 Å². The second-order valence-corrected chi connectivity index (χ2v) is 7.91. The van der Waals surface area contributed by atoms with Gasteiger partial charge in [-0.05, 0) is 19.0 Å². The van der Waals surface area contributed by atoms with Gasteiger partial charge in [0.2, 0.25) is 0 Å². The maximum Gasteiger partial charge on any atom is 0.170 e. The summed E-state index contributed by atoms with van der Waals surface area (Å²) in [4.78, 5) is 22.7. The van der Waals surface area contributed by atoms with Gasteiger partial charge in [-0.1, -0.05) is 32.6 Å². The Bertz CT molecular complexity index is 775. The summed E-state index contributed by atoms with van der Waals surface area (Å²) in [5, 5.41) is 0. The molecule has 1 spiro atoms. The number of piperidine rings is 1. The molecule has 2 aromatic rings. The maximum atomic E-state index is 12.8. The number of aromatic amines is 1. The van der Waals surface area contributed by atoms with E-state index in [1.54, 1.807) is 6.33 Å². The number of Topliss-reactive ketones (excluding diaryl/α,β-unsaturated/α-hetero) is 1.